The summed E-state index contributed by atoms with van der Waals surface area (Å²) in [4.78, 5) is 12.8. The van der Waals surface area contributed by atoms with Crippen LogP contribution >= 0.6 is 11.6 Å². The van der Waals surface area contributed by atoms with Crippen molar-refractivity contribution in [3.8, 4) is 0 Å². The van der Waals surface area contributed by atoms with Gasteiger partial charge in [0.05, 0.1) is 11.3 Å². The normalized spacial score (nSPS) is 11.8. The summed E-state index contributed by atoms with van der Waals surface area (Å²) < 4.78 is 41.6. The molecule has 136 valence electrons. The predicted molar refractivity (Wildman–Crippen MR) is 96.8 cm³/mol. The Balaban J connectivity index is 2.08. The minimum absolute atomic E-state index is 0.0471. The third-order valence-corrected chi connectivity index (χ3v) is 4.53. The lowest BCUT2D eigenvalue weighted by molar-refractivity contribution is -0.136. The number of carbonyl (C=O) groups is 1. The van der Waals surface area contributed by atoms with E-state index in [9.17, 15) is 18.0 Å². The van der Waals surface area contributed by atoms with E-state index < -0.39 is 17.6 Å². The van der Waals surface area contributed by atoms with Crippen LogP contribution in [-0.4, -0.2) is 10.5 Å². The summed E-state index contributed by atoms with van der Waals surface area (Å²) >= 11 is 5.69. The van der Waals surface area contributed by atoms with Crippen molar-refractivity contribution in [2.24, 2.45) is 0 Å². The zero-order valence-corrected chi connectivity index (χ0v) is 14.9. The maximum Gasteiger partial charge on any atom is 0.418 e. The number of nitrogens with zero attached hydrogens (tertiary/aromatic N) is 1. The number of hydrogen-bond acceptors (Lipinski definition) is 1. The van der Waals surface area contributed by atoms with Crippen LogP contribution in [0.4, 0.5) is 18.9 Å². The zero-order chi connectivity index (χ0) is 19.1. The summed E-state index contributed by atoms with van der Waals surface area (Å²) in [5, 5.41) is 3.25. The van der Waals surface area contributed by atoms with Crippen molar-refractivity contribution >= 4 is 34.1 Å². The topological polar surface area (TPSA) is 34.0 Å². The van der Waals surface area contributed by atoms with Crippen molar-refractivity contribution in [1.82, 2.24) is 4.57 Å². The summed E-state index contributed by atoms with van der Waals surface area (Å²) in [6.07, 6.45) is -4.62. The van der Waals surface area contributed by atoms with Crippen molar-refractivity contribution in [3.63, 3.8) is 0 Å². The molecule has 1 amide bonds. The fraction of sp³-hybridized carbons (Fsp3) is 0.211. The van der Waals surface area contributed by atoms with Crippen LogP contribution in [0.15, 0.2) is 42.5 Å². The predicted octanol–water partition coefficient (Wildman–Crippen LogP) is 5.89. The highest BCUT2D eigenvalue weighted by atomic mass is 35.5. The molecule has 1 heterocycles. The highest BCUT2D eigenvalue weighted by molar-refractivity contribution is 6.30. The Bertz CT molecular complexity index is 992. The number of rotatable bonds is 3. The summed E-state index contributed by atoms with van der Waals surface area (Å²) in [6.45, 7) is 4.19. The van der Waals surface area contributed by atoms with Crippen LogP contribution < -0.4 is 5.32 Å². The van der Waals surface area contributed by atoms with Gasteiger partial charge in [-0.15, -0.1) is 0 Å². The Labute approximate surface area is 153 Å². The molecule has 0 unspecified atom stereocenters. The lowest BCUT2D eigenvalue weighted by Gasteiger charge is -2.15. The van der Waals surface area contributed by atoms with E-state index in [2.05, 4.69) is 5.32 Å². The van der Waals surface area contributed by atoms with Crippen LogP contribution in [0, 0.1) is 6.92 Å². The highest BCUT2D eigenvalue weighted by Gasteiger charge is 2.34. The molecule has 0 saturated carbocycles. The molecule has 3 nitrogen and oxygen atoms in total. The first-order chi connectivity index (χ1) is 12.2. The van der Waals surface area contributed by atoms with Crippen molar-refractivity contribution in [2.45, 2.75) is 26.6 Å². The molecule has 0 radical (unpaired) electrons. The molecule has 26 heavy (non-hydrogen) atoms. The van der Waals surface area contributed by atoms with Gasteiger partial charge >= 0.3 is 6.18 Å². The first-order valence-electron chi connectivity index (χ1n) is 8.00. The number of anilines is 1. The molecule has 0 saturated heterocycles. The van der Waals surface area contributed by atoms with Crippen molar-refractivity contribution in [1.29, 1.82) is 0 Å². The molecule has 0 bridgehead atoms. The monoisotopic (exact) mass is 380 g/mol. The average molecular weight is 381 g/mol. The number of alkyl halides is 3. The van der Waals surface area contributed by atoms with E-state index in [1.165, 1.54) is 6.07 Å². The van der Waals surface area contributed by atoms with E-state index in [1.807, 2.05) is 31.2 Å². The van der Waals surface area contributed by atoms with Gasteiger partial charge in [-0.3, -0.25) is 4.79 Å². The molecule has 0 aliphatic carbocycles. The van der Waals surface area contributed by atoms with Gasteiger partial charge in [0.1, 0.15) is 5.69 Å². The number of aromatic nitrogens is 1. The summed E-state index contributed by atoms with van der Waals surface area (Å²) in [5.41, 5.74) is 0.637. The van der Waals surface area contributed by atoms with Gasteiger partial charge in [-0.05, 0) is 43.7 Å². The Morgan fingerprint density at radius 3 is 2.54 bits per heavy atom. The van der Waals surface area contributed by atoms with Crippen molar-refractivity contribution in [2.75, 3.05) is 5.32 Å². The molecule has 1 aromatic heterocycles. The molecule has 3 aromatic rings. The number of nitrogens with one attached hydrogen (secondary N) is 1. The molecular formula is C19H16ClF3N2O. The second-order valence-electron chi connectivity index (χ2n) is 5.88. The molecule has 0 fully saturated rings. The van der Waals surface area contributed by atoms with Gasteiger partial charge in [0.25, 0.3) is 5.91 Å². The Kier molecular flexibility index (Phi) is 4.71. The van der Waals surface area contributed by atoms with Gasteiger partial charge < -0.3 is 9.88 Å². The van der Waals surface area contributed by atoms with Gasteiger partial charge in [0.2, 0.25) is 0 Å². The number of benzene rings is 2. The quantitative estimate of drug-likeness (QED) is 0.603. The van der Waals surface area contributed by atoms with E-state index in [4.69, 9.17) is 11.6 Å². The fourth-order valence-electron chi connectivity index (χ4n) is 3.14. The third-order valence-electron chi connectivity index (χ3n) is 4.29. The Morgan fingerprint density at radius 1 is 1.19 bits per heavy atom. The second-order valence-corrected chi connectivity index (χ2v) is 6.31. The first kappa shape index (κ1) is 18.3. The maximum absolute atomic E-state index is 13.3. The van der Waals surface area contributed by atoms with Gasteiger partial charge in [-0.2, -0.15) is 13.2 Å². The molecule has 2 aromatic carbocycles. The van der Waals surface area contributed by atoms with Gasteiger partial charge in [0.15, 0.2) is 0 Å². The van der Waals surface area contributed by atoms with E-state index in [0.717, 1.165) is 28.6 Å². The highest BCUT2D eigenvalue weighted by Crippen LogP contribution is 2.37. The SMILES string of the molecule is CCn1c(C(=O)Nc2ccc(Cl)cc2C(F)(F)F)c(C)c2ccccc21. The number of hydrogen-bond donors (Lipinski definition) is 1. The maximum atomic E-state index is 13.3. The third kappa shape index (κ3) is 3.17. The minimum atomic E-state index is -4.62. The van der Waals surface area contributed by atoms with Gasteiger partial charge in [-0.1, -0.05) is 29.8 Å². The molecular weight excluding hydrogens is 365 g/mol. The number of halogens is 4. The van der Waals surface area contributed by atoms with Crippen LogP contribution in [0.5, 0.6) is 0 Å². The molecule has 0 atom stereocenters. The Hall–Kier alpha value is -2.47. The number of para-hydroxylation sites is 1. The molecule has 1 N–H and O–H groups in total. The largest absolute Gasteiger partial charge is 0.418 e. The smallest absolute Gasteiger partial charge is 0.337 e. The van der Waals surface area contributed by atoms with Crippen LogP contribution in [-0.2, 0) is 12.7 Å². The van der Waals surface area contributed by atoms with Crippen LogP contribution in [0.2, 0.25) is 5.02 Å². The standard InChI is InChI=1S/C19H16ClF3N2O/c1-3-25-16-7-5-4-6-13(16)11(2)17(25)18(26)24-15-9-8-12(20)10-14(15)19(21,22)23/h4-10H,3H2,1-2H3,(H,24,26). The van der Waals surface area contributed by atoms with E-state index >= 15 is 0 Å². The number of amides is 1. The number of aryl methyl sites for hydroxylation is 2. The molecule has 0 aliphatic heterocycles. The Morgan fingerprint density at radius 2 is 1.88 bits per heavy atom. The van der Waals surface area contributed by atoms with E-state index in [0.29, 0.717) is 12.2 Å². The van der Waals surface area contributed by atoms with Crippen LogP contribution in [0.3, 0.4) is 0 Å². The number of carbonyl (C=O) groups excluding carboxylic acids is 1. The van der Waals surface area contributed by atoms with Crippen LogP contribution in [0.25, 0.3) is 10.9 Å². The van der Waals surface area contributed by atoms with E-state index in [-0.39, 0.29) is 10.7 Å². The summed E-state index contributed by atoms with van der Waals surface area (Å²) in [7, 11) is 0. The molecule has 0 spiro atoms. The van der Waals surface area contributed by atoms with E-state index in [1.54, 1.807) is 11.5 Å². The minimum Gasteiger partial charge on any atom is -0.337 e. The first-order valence-corrected chi connectivity index (χ1v) is 8.37. The lowest BCUT2D eigenvalue weighted by Crippen LogP contribution is -2.20. The molecule has 0 aliphatic rings. The summed E-state index contributed by atoms with van der Waals surface area (Å²) in [6, 6.07) is 10.8. The zero-order valence-electron chi connectivity index (χ0n) is 14.1. The van der Waals surface area contributed by atoms with Gasteiger partial charge in [0, 0.05) is 22.5 Å². The lowest BCUT2D eigenvalue weighted by atomic mass is 10.1. The van der Waals surface area contributed by atoms with Crippen LogP contribution in [0.1, 0.15) is 28.5 Å². The number of fused-ring (bicyclic) bond motifs is 1. The second kappa shape index (κ2) is 6.68. The van der Waals surface area contributed by atoms with Gasteiger partial charge in [-0.25, -0.2) is 0 Å². The fourth-order valence-corrected chi connectivity index (χ4v) is 3.31. The summed E-state index contributed by atoms with van der Waals surface area (Å²) in [5.74, 6) is -0.589. The molecule has 3 rings (SSSR count). The van der Waals surface area contributed by atoms with Crippen molar-refractivity contribution < 1.29 is 18.0 Å². The van der Waals surface area contributed by atoms with Crippen molar-refractivity contribution in [3.05, 3.63) is 64.3 Å². The molecule has 7 heteroatoms. The average Bonchev–Trinajstić information content (AvgIpc) is 2.88.